The van der Waals surface area contributed by atoms with Gasteiger partial charge in [0, 0.05) is 50.3 Å². The van der Waals surface area contributed by atoms with Crippen molar-refractivity contribution in [2.75, 3.05) is 9.80 Å². The first kappa shape index (κ1) is 39.4. The summed E-state index contributed by atoms with van der Waals surface area (Å²) in [4.78, 5) is 8.38. The molecule has 0 aliphatic heterocycles. The lowest BCUT2D eigenvalue weighted by molar-refractivity contribution is 1.18. The number of benzene rings is 11. The van der Waals surface area contributed by atoms with Gasteiger partial charge in [0.2, 0.25) is 0 Å². The van der Waals surface area contributed by atoms with Gasteiger partial charge in [-0.2, -0.15) is 0 Å². The van der Waals surface area contributed by atoms with Crippen molar-refractivity contribution < 1.29 is 0 Å². The molecule has 0 fully saturated rings. The van der Waals surface area contributed by atoms with Crippen molar-refractivity contribution in [3.05, 3.63) is 266 Å². The van der Waals surface area contributed by atoms with Crippen molar-refractivity contribution in [1.82, 2.24) is 4.57 Å². The monoisotopic (exact) mass is 854 g/mol. The number of fused-ring (bicyclic) bond motifs is 5. The Morgan fingerprint density at radius 1 is 0.328 bits per heavy atom. The zero-order valence-corrected chi connectivity index (χ0v) is 36.5. The van der Waals surface area contributed by atoms with Crippen molar-refractivity contribution in [1.29, 1.82) is 0 Å². The summed E-state index contributed by atoms with van der Waals surface area (Å²) in [7, 11) is 0. The average Bonchev–Trinajstić information content (AvgIpc) is 3.74. The molecule has 0 aliphatic rings. The average molecular weight is 855 g/mol. The molecule has 0 N–H and O–H groups in total. The molecule has 0 bridgehead atoms. The van der Waals surface area contributed by atoms with Gasteiger partial charge in [-0.25, -0.2) is 4.85 Å². The summed E-state index contributed by atoms with van der Waals surface area (Å²) in [5.41, 5.74) is 15.0. The summed E-state index contributed by atoms with van der Waals surface area (Å²) in [6.45, 7) is 7.65. The fraction of sp³-hybridized carbons (Fsp3) is 0. The molecule has 4 heteroatoms. The van der Waals surface area contributed by atoms with E-state index in [4.69, 9.17) is 6.57 Å². The van der Waals surface area contributed by atoms with Crippen LogP contribution in [-0.4, -0.2) is 4.57 Å². The van der Waals surface area contributed by atoms with E-state index in [1.54, 1.807) is 0 Å². The first-order chi connectivity index (χ1) is 33.2. The van der Waals surface area contributed by atoms with Gasteiger partial charge in [-0.3, -0.25) is 0 Å². The van der Waals surface area contributed by atoms with E-state index in [1.807, 2.05) is 24.3 Å². The highest BCUT2D eigenvalue weighted by molar-refractivity contribution is 6.11. The molecule has 0 radical (unpaired) electrons. The molecule has 1 aromatic heterocycles. The number of aromatic nitrogens is 1. The SMILES string of the molecule is [C-]#[N+]c1ccc(N(c2ccc(-c3ccc(N(c4ccc(-c5ccccc5)cc4)c4ccc5ccccc5c4)c4ccccc34)cc2)c2ccc3c(c2)c2ccccc2n3-c2ccccc2)cc1. The normalized spacial score (nSPS) is 11.3. The molecule has 12 rings (SSSR count). The van der Waals surface area contributed by atoms with Crippen LogP contribution in [0.15, 0.2) is 255 Å². The number of anilines is 6. The number of nitrogens with zero attached hydrogens (tertiary/aromatic N) is 4. The minimum Gasteiger partial charge on any atom is -0.311 e. The van der Waals surface area contributed by atoms with Crippen LogP contribution >= 0.6 is 0 Å². The second-order valence-electron chi connectivity index (χ2n) is 16.9. The minimum atomic E-state index is 0.610. The van der Waals surface area contributed by atoms with Crippen molar-refractivity contribution in [2.24, 2.45) is 0 Å². The molecule has 0 spiro atoms. The highest BCUT2D eigenvalue weighted by Crippen LogP contribution is 2.45. The summed E-state index contributed by atoms with van der Waals surface area (Å²) in [6, 6.07) is 90.8. The smallest absolute Gasteiger partial charge is 0.187 e. The van der Waals surface area contributed by atoms with Crippen molar-refractivity contribution in [3.8, 4) is 27.9 Å². The zero-order chi connectivity index (χ0) is 44.7. The first-order valence-electron chi connectivity index (χ1n) is 22.6. The van der Waals surface area contributed by atoms with Gasteiger partial charge in [0.05, 0.1) is 23.3 Å². The highest BCUT2D eigenvalue weighted by Gasteiger charge is 2.20. The predicted molar refractivity (Wildman–Crippen MR) is 282 cm³/mol. The molecule has 0 saturated heterocycles. The molecule has 0 atom stereocenters. The molecule has 0 aliphatic carbocycles. The third kappa shape index (κ3) is 7.13. The van der Waals surface area contributed by atoms with E-state index in [2.05, 4.69) is 250 Å². The van der Waals surface area contributed by atoms with Gasteiger partial charge in [0.25, 0.3) is 0 Å². The van der Waals surface area contributed by atoms with Crippen LogP contribution in [0.2, 0.25) is 0 Å². The van der Waals surface area contributed by atoms with Crippen LogP contribution in [0.25, 0.3) is 76.1 Å². The number of rotatable bonds is 9. The van der Waals surface area contributed by atoms with Crippen LogP contribution in [0.1, 0.15) is 0 Å². The summed E-state index contributed by atoms with van der Waals surface area (Å²) >= 11 is 0. The Morgan fingerprint density at radius 2 is 0.851 bits per heavy atom. The van der Waals surface area contributed by atoms with Gasteiger partial charge < -0.3 is 14.4 Å². The Hall–Kier alpha value is -9.17. The van der Waals surface area contributed by atoms with Gasteiger partial charge in [0.15, 0.2) is 5.69 Å². The van der Waals surface area contributed by atoms with E-state index in [0.717, 1.165) is 67.4 Å². The number of hydrogen-bond donors (Lipinski definition) is 0. The van der Waals surface area contributed by atoms with E-state index in [-0.39, 0.29) is 0 Å². The molecule has 0 unspecified atom stereocenters. The standard InChI is InChI=1S/C63H42N4/c1-64-49-29-36-52(37-30-49)65(55-38-40-63-60(43-55)59-22-12-13-23-61(59)67(63)50-18-6-3-7-19-50)51-33-27-47(28-34-51)56-39-41-62(58-21-11-10-20-57(56)58)66(54-35-26-45-16-8-9-17-48(45)42-54)53-31-24-46(25-32-53)44-14-4-2-5-15-44/h2-43H. The molecular weight excluding hydrogens is 813 g/mol. The lowest BCUT2D eigenvalue weighted by atomic mass is 9.95. The maximum atomic E-state index is 7.65. The Kier molecular flexibility index (Phi) is 9.86. The molecule has 0 saturated carbocycles. The Bertz CT molecular complexity index is 3790. The Balaban J connectivity index is 0.962. The van der Waals surface area contributed by atoms with Gasteiger partial charge in [-0.15, -0.1) is 0 Å². The van der Waals surface area contributed by atoms with Crippen LogP contribution in [0.3, 0.4) is 0 Å². The molecule has 67 heavy (non-hydrogen) atoms. The molecule has 314 valence electrons. The van der Waals surface area contributed by atoms with Gasteiger partial charge in [0.1, 0.15) is 0 Å². The Morgan fingerprint density at radius 3 is 1.58 bits per heavy atom. The largest absolute Gasteiger partial charge is 0.311 e. The van der Waals surface area contributed by atoms with Gasteiger partial charge >= 0.3 is 0 Å². The topological polar surface area (TPSA) is 15.8 Å². The maximum absolute atomic E-state index is 7.65. The first-order valence-corrected chi connectivity index (χ1v) is 22.6. The van der Waals surface area contributed by atoms with E-state index in [0.29, 0.717) is 5.69 Å². The summed E-state index contributed by atoms with van der Waals surface area (Å²) in [5, 5.41) is 7.11. The second-order valence-corrected chi connectivity index (χ2v) is 16.9. The van der Waals surface area contributed by atoms with E-state index >= 15 is 0 Å². The predicted octanol–water partition coefficient (Wildman–Crippen LogP) is 17.9. The fourth-order valence-corrected chi connectivity index (χ4v) is 9.78. The molecule has 12 aromatic rings. The third-order valence-corrected chi connectivity index (χ3v) is 13.0. The number of para-hydroxylation sites is 2. The highest BCUT2D eigenvalue weighted by atomic mass is 15.1. The maximum Gasteiger partial charge on any atom is 0.187 e. The number of hydrogen-bond acceptors (Lipinski definition) is 2. The zero-order valence-electron chi connectivity index (χ0n) is 36.5. The van der Waals surface area contributed by atoms with Crippen molar-refractivity contribution in [3.63, 3.8) is 0 Å². The molecule has 0 amide bonds. The fourth-order valence-electron chi connectivity index (χ4n) is 9.78. The molecule has 11 aromatic carbocycles. The molecule has 1 heterocycles. The van der Waals surface area contributed by atoms with Crippen LogP contribution in [0, 0.1) is 6.57 Å². The second kappa shape index (κ2) is 16.8. The molecule has 4 nitrogen and oxygen atoms in total. The third-order valence-electron chi connectivity index (χ3n) is 13.0. The quantitative estimate of drug-likeness (QED) is 0.134. The molecular formula is C63H42N4. The summed E-state index contributed by atoms with van der Waals surface area (Å²) in [5.74, 6) is 0. The van der Waals surface area contributed by atoms with Crippen molar-refractivity contribution >= 4 is 83.2 Å². The van der Waals surface area contributed by atoms with Crippen LogP contribution in [-0.2, 0) is 0 Å². The van der Waals surface area contributed by atoms with Crippen LogP contribution in [0.4, 0.5) is 39.8 Å². The van der Waals surface area contributed by atoms with E-state index < -0.39 is 0 Å². The van der Waals surface area contributed by atoms with Crippen LogP contribution in [0.5, 0.6) is 0 Å². The lowest BCUT2D eigenvalue weighted by Crippen LogP contribution is -2.11. The summed E-state index contributed by atoms with van der Waals surface area (Å²) < 4.78 is 2.34. The van der Waals surface area contributed by atoms with E-state index in [1.165, 1.54) is 38.1 Å². The minimum absolute atomic E-state index is 0.610. The summed E-state index contributed by atoms with van der Waals surface area (Å²) in [6.07, 6.45) is 0. The van der Waals surface area contributed by atoms with Crippen LogP contribution < -0.4 is 9.80 Å². The Labute approximate surface area is 389 Å². The van der Waals surface area contributed by atoms with Gasteiger partial charge in [-0.1, -0.05) is 164 Å². The van der Waals surface area contributed by atoms with Gasteiger partial charge in [-0.05, 0) is 129 Å². The van der Waals surface area contributed by atoms with E-state index in [9.17, 15) is 0 Å². The van der Waals surface area contributed by atoms with Crippen molar-refractivity contribution in [2.45, 2.75) is 0 Å². The lowest BCUT2D eigenvalue weighted by Gasteiger charge is -2.28.